The van der Waals surface area contributed by atoms with Crippen LogP contribution in [0.15, 0.2) is 42.7 Å². The Hall–Kier alpha value is -4.35. The van der Waals surface area contributed by atoms with Crippen molar-refractivity contribution in [2.24, 2.45) is 0 Å². The molecule has 1 aliphatic heterocycles. The molecule has 2 aromatic heterocycles. The van der Waals surface area contributed by atoms with Crippen LogP contribution in [0.4, 0.5) is 23.8 Å². The van der Waals surface area contributed by atoms with E-state index in [2.05, 4.69) is 15.1 Å². The third kappa shape index (κ3) is 5.31. The van der Waals surface area contributed by atoms with Crippen LogP contribution >= 0.6 is 0 Å². The number of amides is 1. The zero-order valence-corrected chi connectivity index (χ0v) is 21.6. The van der Waals surface area contributed by atoms with Crippen LogP contribution in [-0.2, 0) is 11.3 Å². The molecule has 0 unspecified atom stereocenters. The molecule has 4 aromatic rings. The molecule has 1 aliphatic rings. The molecular formula is C27H27F3N6O3. The van der Waals surface area contributed by atoms with Gasteiger partial charge in [-0.2, -0.15) is 9.49 Å². The summed E-state index contributed by atoms with van der Waals surface area (Å²) in [6.07, 6.45) is 2.41. The molecule has 0 spiro atoms. The van der Waals surface area contributed by atoms with Crippen LogP contribution in [0.2, 0.25) is 0 Å². The second-order valence-electron chi connectivity index (χ2n) is 10.3. The van der Waals surface area contributed by atoms with Gasteiger partial charge in [-0.3, -0.25) is 0 Å². The van der Waals surface area contributed by atoms with Gasteiger partial charge in [0.1, 0.15) is 35.0 Å². The lowest BCUT2D eigenvalue weighted by Crippen LogP contribution is -2.41. The number of aromatic nitrogens is 4. The van der Waals surface area contributed by atoms with Gasteiger partial charge in [0.2, 0.25) is 5.82 Å². The third-order valence-electron chi connectivity index (χ3n) is 6.29. The van der Waals surface area contributed by atoms with E-state index in [0.717, 1.165) is 25.0 Å². The molecule has 0 aliphatic carbocycles. The lowest BCUT2D eigenvalue weighted by Gasteiger charge is -2.28. The zero-order chi connectivity index (χ0) is 27.9. The first-order chi connectivity index (χ1) is 18.5. The van der Waals surface area contributed by atoms with Gasteiger partial charge < -0.3 is 20.1 Å². The Morgan fingerprint density at radius 3 is 2.67 bits per heavy atom. The number of carbonyl (C=O) groups excluding carboxylic acids is 1. The lowest BCUT2D eigenvalue weighted by molar-refractivity contribution is 0.0212. The van der Waals surface area contributed by atoms with Crippen LogP contribution in [-0.4, -0.2) is 48.9 Å². The number of likely N-dealkylation sites (tertiary alicyclic amines) is 1. The SMILES string of the molecule is CC(C)(C)OC(=O)N1CCC[C@H]1Cn1nc(-c2ccc(Oc3cccc(F)c3F)cc2F)c2c(N)ncnc21. The molecule has 39 heavy (non-hydrogen) atoms. The first-order valence-corrected chi connectivity index (χ1v) is 12.4. The first kappa shape index (κ1) is 26.3. The van der Waals surface area contributed by atoms with Crippen molar-refractivity contribution in [3.63, 3.8) is 0 Å². The quantitative estimate of drug-likeness (QED) is 0.347. The maximum atomic E-state index is 15.4. The average molecular weight is 541 g/mol. The summed E-state index contributed by atoms with van der Waals surface area (Å²) in [5.41, 5.74) is 6.20. The molecule has 5 rings (SSSR count). The highest BCUT2D eigenvalue weighted by molar-refractivity contribution is 5.98. The van der Waals surface area contributed by atoms with Crippen molar-refractivity contribution in [1.82, 2.24) is 24.6 Å². The predicted molar refractivity (Wildman–Crippen MR) is 138 cm³/mol. The number of carbonyl (C=O) groups is 1. The highest BCUT2D eigenvalue weighted by Crippen LogP contribution is 2.35. The molecule has 0 bridgehead atoms. The molecular weight excluding hydrogens is 513 g/mol. The fourth-order valence-electron chi connectivity index (χ4n) is 4.57. The maximum absolute atomic E-state index is 15.4. The summed E-state index contributed by atoms with van der Waals surface area (Å²) >= 11 is 0. The van der Waals surface area contributed by atoms with E-state index in [4.69, 9.17) is 15.2 Å². The molecule has 1 atom stereocenters. The Morgan fingerprint density at radius 1 is 1.13 bits per heavy atom. The van der Waals surface area contributed by atoms with Crippen molar-refractivity contribution in [1.29, 1.82) is 0 Å². The molecule has 3 heterocycles. The van der Waals surface area contributed by atoms with E-state index in [1.54, 1.807) is 9.58 Å². The van der Waals surface area contributed by atoms with Crippen molar-refractivity contribution in [3.8, 4) is 22.8 Å². The number of hydrogen-bond donors (Lipinski definition) is 1. The van der Waals surface area contributed by atoms with Gasteiger partial charge >= 0.3 is 6.09 Å². The largest absolute Gasteiger partial charge is 0.454 e. The van der Waals surface area contributed by atoms with Crippen LogP contribution < -0.4 is 10.5 Å². The fourth-order valence-corrected chi connectivity index (χ4v) is 4.57. The van der Waals surface area contributed by atoms with Gasteiger partial charge in [0.05, 0.1) is 18.0 Å². The summed E-state index contributed by atoms with van der Waals surface area (Å²) in [6, 6.07) is 7.13. The van der Waals surface area contributed by atoms with E-state index < -0.39 is 29.1 Å². The summed E-state index contributed by atoms with van der Waals surface area (Å²) < 4.78 is 55.4. The summed E-state index contributed by atoms with van der Waals surface area (Å²) in [4.78, 5) is 22.8. The van der Waals surface area contributed by atoms with Crippen molar-refractivity contribution < 1.29 is 27.4 Å². The van der Waals surface area contributed by atoms with Crippen molar-refractivity contribution in [3.05, 3.63) is 60.2 Å². The zero-order valence-electron chi connectivity index (χ0n) is 21.6. The van der Waals surface area contributed by atoms with Crippen LogP contribution in [0.25, 0.3) is 22.3 Å². The molecule has 1 saturated heterocycles. The molecule has 1 amide bonds. The minimum Gasteiger partial charge on any atom is -0.454 e. The second-order valence-corrected chi connectivity index (χ2v) is 10.3. The number of nitrogen functional groups attached to an aromatic ring is 1. The molecule has 12 heteroatoms. The summed E-state index contributed by atoms with van der Waals surface area (Å²) in [7, 11) is 0. The van der Waals surface area contributed by atoms with E-state index in [1.807, 2.05) is 20.8 Å². The summed E-state index contributed by atoms with van der Waals surface area (Å²) in [5.74, 6) is -3.28. The van der Waals surface area contributed by atoms with Gasteiger partial charge in [-0.25, -0.2) is 28.2 Å². The maximum Gasteiger partial charge on any atom is 0.410 e. The van der Waals surface area contributed by atoms with Crippen LogP contribution in [0.5, 0.6) is 11.5 Å². The fraction of sp³-hybridized carbons (Fsp3) is 0.333. The van der Waals surface area contributed by atoms with Gasteiger partial charge in [0, 0.05) is 18.2 Å². The van der Waals surface area contributed by atoms with Crippen LogP contribution in [0.1, 0.15) is 33.6 Å². The molecule has 2 aromatic carbocycles. The molecule has 0 radical (unpaired) electrons. The van der Waals surface area contributed by atoms with E-state index in [0.29, 0.717) is 17.6 Å². The number of rotatable bonds is 5. The third-order valence-corrected chi connectivity index (χ3v) is 6.29. The number of halogens is 3. The summed E-state index contributed by atoms with van der Waals surface area (Å²) in [5, 5.41) is 4.97. The first-order valence-electron chi connectivity index (χ1n) is 12.4. The van der Waals surface area contributed by atoms with Crippen LogP contribution in [0.3, 0.4) is 0 Å². The van der Waals surface area contributed by atoms with Crippen molar-refractivity contribution in [2.45, 2.75) is 51.8 Å². The average Bonchev–Trinajstić information content (AvgIpc) is 3.47. The predicted octanol–water partition coefficient (Wildman–Crippen LogP) is 5.68. The van der Waals surface area contributed by atoms with Gasteiger partial charge in [-0.1, -0.05) is 6.07 Å². The Kier molecular flexibility index (Phi) is 6.79. The molecule has 0 saturated carbocycles. The molecule has 2 N–H and O–H groups in total. The topological polar surface area (TPSA) is 108 Å². The second kappa shape index (κ2) is 10.1. The van der Waals surface area contributed by atoms with Gasteiger partial charge in [0.25, 0.3) is 0 Å². The normalized spacial score (nSPS) is 15.6. The minimum atomic E-state index is -1.18. The van der Waals surface area contributed by atoms with E-state index in [1.165, 1.54) is 30.6 Å². The van der Waals surface area contributed by atoms with Gasteiger partial charge in [-0.15, -0.1) is 0 Å². The summed E-state index contributed by atoms with van der Waals surface area (Å²) in [6.45, 7) is 6.26. The Morgan fingerprint density at radius 2 is 1.92 bits per heavy atom. The molecule has 1 fully saturated rings. The number of anilines is 1. The number of ether oxygens (including phenoxy) is 2. The number of nitrogens with two attached hydrogens (primary N) is 1. The van der Waals surface area contributed by atoms with E-state index in [9.17, 15) is 13.6 Å². The van der Waals surface area contributed by atoms with E-state index in [-0.39, 0.29) is 41.2 Å². The van der Waals surface area contributed by atoms with E-state index >= 15 is 4.39 Å². The Balaban J connectivity index is 1.47. The van der Waals surface area contributed by atoms with Gasteiger partial charge in [0.15, 0.2) is 17.2 Å². The highest BCUT2D eigenvalue weighted by atomic mass is 19.2. The molecule has 9 nitrogen and oxygen atoms in total. The smallest absolute Gasteiger partial charge is 0.410 e. The van der Waals surface area contributed by atoms with Gasteiger partial charge in [-0.05, 0) is 57.9 Å². The standard InChI is InChI=1S/C27H27F3N6O3/c1-27(2,3)39-26(37)35-11-5-6-15(35)13-36-25-21(24(31)32-14-33-25)23(34-36)17-10-9-16(12-19(17)29)38-20-8-4-7-18(28)22(20)30/h4,7-10,12,14-15H,5-6,11,13H2,1-3H3,(H2,31,32,33)/t15-/m0/s1. The lowest BCUT2D eigenvalue weighted by atomic mass is 10.1. The number of nitrogens with zero attached hydrogens (tertiary/aromatic N) is 5. The number of fused-ring (bicyclic) bond motifs is 1. The monoisotopic (exact) mass is 540 g/mol. The number of benzene rings is 2. The minimum absolute atomic E-state index is 0.0346. The Labute approximate surface area is 222 Å². The van der Waals surface area contributed by atoms with Crippen molar-refractivity contribution >= 4 is 22.9 Å². The Bertz CT molecular complexity index is 1550. The van der Waals surface area contributed by atoms with Crippen molar-refractivity contribution in [2.75, 3.05) is 12.3 Å². The highest BCUT2D eigenvalue weighted by Gasteiger charge is 2.33. The van der Waals surface area contributed by atoms with Crippen LogP contribution in [0, 0.1) is 17.5 Å². The number of hydrogen-bond acceptors (Lipinski definition) is 7. The molecule has 204 valence electrons.